The fourth-order valence-electron chi connectivity index (χ4n) is 3.64. The van der Waals surface area contributed by atoms with Crippen LogP contribution in [0.4, 0.5) is 11.6 Å². The quantitative estimate of drug-likeness (QED) is 0.526. The summed E-state index contributed by atoms with van der Waals surface area (Å²) >= 11 is 0. The molecular formula is C20H23N9. The van der Waals surface area contributed by atoms with E-state index >= 15 is 0 Å². The highest BCUT2D eigenvalue weighted by Crippen LogP contribution is 2.28. The predicted molar refractivity (Wildman–Crippen MR) is 111 cm³/mol. The van der Waals surface area contributed by atoms with E-state index in [0.717, 1.165) is 47.2 Å². The molecule has 0 radical (unpaired) electrons. The summed E-state index contributed by atoms with van der Waals surface area (Å²) in [4.78, 5) is 17.6. The van der Waals surface area contributed by atoms with Crippen molar-refractivity contribution in [2.75, 3.05) is 29.9 Å². The highest BCUT2D eigenvalue weighted by atomic mass is 15.4. The molecule has 29 heavy (non-hydrogen) atoms. The monoisotopic (exact) mass is 389 g/mol. The molecule has 0 aliphatic carbocycles. The highest BCUT2D eigenvalue weighted by Gasteiger charge is 2.33. The third kappa shape index (κ3) is 2.93. The van der Waals surface area contributed by atoms with Crippen LogP contribution >= 0.6 is 0 Å². The molecule has 0 aromatic carbocycles. The van der Waals surface area contributed by atoms with Crippen LogP contribution in [0.25, 0.3) is 16.7 Å². The lowest BCUT2D eigenvalue weighted by molar-refractivity contribution is 0.483. The van der Waals surface area contributed by atoms with Crippen LogP contribution in [-0.2, 0) is 5.41 Å². The van der Waals surface area contributed by atoms with E-state index in [0.29, 0.717) is 6.04 Å². The van der Waals surface area contributed by atoms with Gasteiger partial charge >= 0.3 is 0 Å². The van der Waals surface area contributed by atoms with Gasteiger partial charge in [0.05, 0.1) is 11.4 Å². The Kier molecular flexibility index (Phi) is 3.87. The molecule has 0 spiro atoms. The Balaban J connectivity index is 1.38. The Morgan fingerprint density at radius 2 is 1.86 bits per heavy atom. The van der Waals surface area contributed by atoms with Crippen molar-refractivity contribution < 1.29 is 0 Å². The van der Waals surface area contributed by atoms with Crippen LogP contribution < -0.4 is 9.80 Å². The molecule has 4 aromatic rings. The van der Waals surface area contributed by atoms with Crippen molar-refractivity contribution in [1.29, 1.82) is 0 Å². The van der Waals surface area contributed by atoms with Gasteiger partial charge in [-0.25, -0.2) is 15.0 Å². The third-order valence-corrected chi connectivity index (χ3v) is 5.38. The van der Waals surface area contributed by atoms with Crippen LogP contribution in [0, 0.1) is 0 Å². The van der Waals surface area contributed by atoms with Crippen LogP contribution in [0.2, 0.25) is 0 Å². The van der Waals surface area contributed by atoms with E-state index in [1.807, 2.05) is 28.8 Å². The minimum Gasteiger partial charge on any atom is -0.352 e. The summed E-state index contributed by atoms with van der Waals surface area (Å²) in [6.45, 7) is 8.09. The van der Waals surface area contributed by atoms with Gasteiger partial charge in [-0.15, -0.1) is 15.3 Å². The molecule has 5 rings (SSSR count). The highest BCUT2D eigenvalue weighted by molar-refractivity contribution is 5.86. The summed E-state index contributed by atoms with van der Waals surface area (Å²) in [5.41, 5.74) is 1.37. The zero-order chi connectivity index (χ0) is 20.2. The molecule has 0 amide bonds. The molecular weight excluding hydrogens is 366 g/mol. The molecule has 148 valence electrons. The van der Waals surface area contributed by atoms with Crippen molar-refractivity contribution in [3.8, 4) is 0 Å². The number of hydrogen-bond acceptors (Lipinski definition) is 8. The molecule has 1 aliphatic heterocycles. The number of likely N-dealkylation sites (N-methyl/N-ethyl adjacent to an activating group) is 1. The van der Waals surface area contributed by atoms with E-state index in [-0.39, 0.29) is 5.41 Å². The first-order chi connectivity index (χ1) is 13.9. The Labute approximate surface area is 168 Å². The lowest BCUT2D eigenvalue weighted by atomic mass is 9.96. The summed E-state index contributed by atoms with van der Waals surface area (Å²) in [5.74, 6) is 2.70. The number of nitrogens with zero attached hydrogens (tertiary/aromatic N) is 9. The van der Waals surface area contributed by atoms with E-state index in [1.165, 1.54) is 0 Å². The summed E-state index contributed by atoms with van der Waals surface area (Å²) in [6, 6.07) is 8.26. The Hall–Kier alpha value is -3.36. The normalized spacial score (nSPS) is 15.1. The van der Waals surface area contributed by atoms with Crippen LogP contribution in [-0.4, -0.2) is 60.9 Å². The van der Waals surface area contributed by atoms with Gasteiger partial charge in [-0.1, -0.05) is 20.8 Å². The molecule has 0 bridgehead atoms. The van der Waals surface area contributed by atoms with Gasteiger partial charge in [0.1, 0.15) is 18.0 Å². The minimum absolute atomic E-state index is 0.120. The molecule has 1 fully saturated rings. The zero-order valence-corrected chi connectivity index (χ0v) is 17.0. The van der Waals surface area contributed by atoms with Gasteiger partial charge in [-0.05, 0) is 24.3 Å². The Morgan fingerprint density at radius 1 is 1.03 bits per heavy atom. The molecule has 1 aliphatic rings. The number of pyridine rings is 1. The Bertz CT molecular complexity index is 1180. The van der Waals surface area contributed by atoms with Gasteiger partial charge < -0.3 is 9.80 Å². The van der Waals surface area contributed by atoms with Crippen molar-refractivity contribution in [3.63, 3.8) is 0 Å². The maximum atomic E-state index is 4.80. The molecule has 1 saturated heterocycles. The molecule has 0 saturated carbocycles. The van der Waals surface area contributed by atoms with E-state index in [1.54, 1.807) is 12.5 Å². The first kappa shape index (κ1) is 17.7. The topological polar surface area (TPSA) is 88.2 Å². The molecule has 0 atom stereocenters. The number of rotatable bonds is 3. The van der Waals surface area contributed by atoms with Crippen LogP contribution in [0.5, 0.6) is 0 Å². The average Bonchev–Trinajstić information content (AvgIpc) is 3.10. The Morgan fingerprint density at radius 3 is 2.66 bits per heavy atom. The van der Waals surface area contributed by atoms with E-state index in [4.69, 9.17) is 5.10 Å². The van der Waals surface area contributed by atoms with E-state index < -0.39 is 0 Å². The largest absolute Gasteiger partial charge is 0.352 e. The fourth-order valence-corrected chi connectivity index (χ4v) is 3.64. The zero-order valence-electron chi connectivity index (χ0n) is 17.0. The van der Waals surface area contributed by atoms with E-state index in [2.05, 4.69) is 62.8 Å². The average molecular weight is 389 g/mol. The van der Waals surface area contributed by atoms with Crippen LogP contribution in [0.15, 0.2) is 36.8 Å². The smallest absolute Gasteiger partial charge is 0.178 e. The van der Waals surface area contributed by atoms with Gasteiger partial charge in [0.2, 0.25) is 0 Å². The van der Waals surface area contributed by atoms with Gasteiger partial charge in [-0.3, -0.25) is 0 Å². The van der Waals surface area contributed by atoms with Gasteiger partial charge in [-0.2, -0.15) is 4.52 Å². The maximum absolute atomic E-state index is 4.80. The SMILES string of the molecule is CN(c1ncnc2ncccc12)C1CN(c2ccc3nnc(C(C)(C)C)n3n2)C1. The second-order valence-corrected chi connectivity index (χ2v) is 8.48. The van der Waals surface area contributed by atoms with Gasteiger partial charge in [0, 0.05) is 31.7 Å². The van der Waals surface area contributed by atoms with Crippen molar-refractivity contribution in [2.45, 2.75) is 32.2 Å². The maximum Gasteiger partial charge on any atom is 0.178 e. The number of fused-ring (bicyclic) bond motifs is 2. The number of anilines is 2. The molecule has 4 aromatic heterocycles. The summed E-state index contributed by atoms with van der Waals surface area (Å²) in [5, 5.41) is 14.3. The van der Waals surface area contributed by atoms with E-state index in [9.17, 15) is 0 Å². The number of aromatic nitrogens is 7. The van der Waals surface area contributed by atoms with Crippen molar-refractivity contribution in [1.82, 2.24) is 34.8 Å². The fraction of sp³-hybridized carbons (Fsp3) is 0.400. The van der Waals surface area contributed by atoms with Gasteiger partial charge in [0.15, 0.2) is 17.1 Å². The van der Waals surface area contributed by atoms with Crippen molar-refractivity contribution in [2.24, 2.45) is 0 Å². The number of hydrogen-bond donors (Lipinski definition) is 0. The lowest BCUT2D eigenvalue weighted by Crippen LogP contribution is -2.59. The molecule has 0 unspecified atom stereocenters. The molecule has 5 heterocycles. The second kappa shape index (κ2) is 6.33. The molecule has 9 heteroatoms. The molecule has 0 N–H and O–H groups in total. The van der Waals surface area contributed by atoms with Crippen molar-refractivity contribution in [3.05, 3.63) is 42.6 Å². The minimum atomic E-state index is -0.120. The summed E-state index contributed by atoms with van der Waals surface area (Å²) in [7, 11) is 2.07. The predicted octanol–water partition coefficient (Wildman–Crippen LogP) is 2.08. The summed E-state index contributed by atoms with van der Waals surface area (Å²) in [6.07, 6.45) is 3.33. The molecule has 9 nitrogen and oxygen atoms in total. The van der Waals surface area contributed by atoms with Gasteiger partial charge in [0.25, 0.3) is 0 Å². The first-order valence-electron chi connectivity index (χ1n) is 9.68. The summed E-state index contributed by atoms with van der Waals surface area (Å²) < 4.78 is 1.86. The second-order valence-electron chi connectivity index (χ2n) is 8.48. The third-order valence-electron chi connectivity index (χ3n) is 5.38. The lowest BCUT2D eigenvalue weighted by Gasteiger charge is -2.45. The van der Waals surface area contributed by atoms with Crippen LogP contribution in [0.3, 0.4) is 0 Å². The van der Waals surface area contributed by atoms with Crippen molar-refractivity contribution >= 4 is 28.3 Å². The standard InChI is InChI=1S/C20H23N9/c1-20(2,3)19-25-24-15-7-8-16(26-29(15)19)28-10-13(11-28)27(4)18-14-6-5-9-21-17(14)22-12-23-18/h5-9,12-13H,10-11H2,1-4H3. The van der Waals surface area contributed by atoms with Crippen LogP contribution in [0.1, 0.15) is 26.6 Å². The first-order valence-corrected chi connectivity index (χ1v) is 9.68.